The van der Waals surface area contributed by atoms with Gasteiger partial charge in [0, 0.05) is 12.6 Å². The lowest BCUT2D eigenvalue weighted by atomic mass is 10.0. The van der Waals surface area contributed by atoms with E-state index in [9.17, 15) is 9.59 Å². The minimum atomic E-state index is -0.485. The lowest BCUT2D eigenvalue weighted by Crippen LogP contribution is -2.87. The number of benzene rings is 1. The molecular formula is C16H20N3O2S+. The molecule has 5 nitrogen and oxygen atoms in total. The zero-order valence-electron chi connectivity index (χ0n) is 12.6. The normalized spacial score (nSPS) is 11.7. The Kier molecular flexibility index (Phi) is 5.68. The van der Waals surface area contributed by atoms with Crippen molar-refractivity contribution in [1.29, 1.82) is 0 Å². The van der Waals surface area contributed by atoms with Crippen molar-refractivity contribution < 1.29 is 14.9 Å². The molecule has 0 aliphatic heterocycles. The van der Waals surface area contributed by atoms with E-state index in [0.29, 0.717) is 0 Å². The van der Waals surface area contributed by atoms with Gasteiger partial charge in [-0.25, -0.2) is 4.79 Å². The molecule has 4 N–H and O–H groups in total. The molecule has 2 rings (SSSR count). The van der Waals surface area contributed by atoms with Crippen LogP contribution >= 0.6 is 11.3 Å². The van der Waals surface area contributed by atoms with Crippen molar-refractivity contribution in [2.75, 3.05) is 13.6 Å². The van der Waals surface area contributed by atoms with Crippen LogP contribution < -0.4 is 16.0 Å². The third-order valence-electron chi connectivity index (χ3n) is 3.31. The van der Waals surface area contributed by atoms with Gasteiger partial charge in [0.25, 0.3) is 5.91 Å². The highest BCUT2D eigenvalue weighted by molar-refractivity contribution is 7.10. The van der Waals surface area contributed by atoms with Crippen molar-refractivity contribution in [3.63, 3.8) is 0 Å². The number of hydrogen-bond acceptors (Lipinski definition) is 3. The van der Waals surface area contributed by atoms with Crippen LogP contribution in [0.15, 0.2) is 41.8 Å². The fraction of sp³-hybridized carbons (Fsp3) is 0.250. The number of nitrogens with two attached hydrogens (primary N) is 1. The predicted molar refractivity (Wildman–Crippen MR) is 86.7 cm³/mol. The molecule has 0 radical (unpaired) electrons. The van der Waals surface area contributed by atoms with E-state index in [1.54, 1.807) is 11.3 Å². The summed E-state index contributed by atoms with van der Waals surface area (Å²) in [6.07, 6.45) is 0. The number of urea groups is 1. The first-order valence-corrected chi connectivity index (χ1v) is 7.93. The number of carbonyl (C=O) groups excluding carboxylic acids is 2. The lowest BCUT2D eigenvalue weighted by molar-refractivity contribution is -0.676. The van der Waals surface area contributed by atoms with Crippen molar-refractivity contribution in [1.82, 2.24) is 10.6 Å². The van der Waals surface area contributed by atoms with E-state index in [1.807, 2.05) is 23.7 Å². The fourth-order valence-electron chi connectivity index (χ4n) is 2.12. The third kappa shape index (κ3) is 4.41. The number of imide groups is 1. The van der Waals surface area contributed by atoms with Gasteiger partial charge in [-0.05, 0) is 18.4 Å². The Bertz CT molecular complexity index is 623. The second kappa shape index (κ2) is 7.72. The second-order valence-electron chi connectivity index (χ2n) is 4.97. The van der Waals surface area contributed by atoms with Crippen molar-refractivity contribution in [3.05, 3.63) is 57.8 Å². The van der Waals surface area contributed by atoms with E-state index >= 15 is 0 Å². The van der Waals surface area contributed by atoms with E-state index in [-0.39, 0.29) is 18.5 Å². The molecule has 1 aromatic carbocycles. The number of nitrogens with one attached hydrogen (secondary N) is 2. The number of hydrogen-bond donors (Lipinski definition) is 3. The van der Waals surface area contributed by atoms with Gasteiger partial charge in [0.15, 0.2) is 6.54 Å². The molecule has 1 heterocycles. The van der Waals surface area contributed by atoms with Gasteiger partial charge < -0.3 is 10.6 Å². The fourth-order valence-corrected chi connectivity index (χ4v) is 2.97. The molecule has 0 saturated heterocycles. The first-order chi connectivity index (χ1) is 10.6. The second-order valence-corrected chi connectivity index (χ2v) is 5.95. The van der Waals surface area contributed by atoms with E-state index < -0.39 is 6.03 Å². The minimum Gasteiger partial charge on any atom is -0.341 e. The van der Waals surface area contributed by atoms with Crippen molar-refractivity contribution >= 4 is 23.3 Å². The molecule has 0 aliphatic carbocycles. The molecule has 6 heteroatoms. The number of amides is 3. The Morgan fingerprint density at radius 1 is 1.23 bits per heavy atom. The summed E-state index contributed by atoms with van der Waals surface area (Å²) in [6, 6.07) is 11.9. The molecule has 0 fully saturated rings. The van der Waals surface area contributed by atoms with Crippen LogP contribution in [0.25, 0.3) is 0 Å². The van der Waals surface area contributed by atoms with E-state index in [0.717, 1.165) is 5.56 Å². The lowest BCUT2D eigenvalue weighted by Gasteiger charge is -2.14. The zero-order valence-corrected chi connectivity index (χ0v) is 13.4. The quantitative estimate of drug-likeness (QED) is 0.774. The average molecular weight is 318 g/mol. The smallest absolute Gasteiger partial charge is 0.321 e. The summed E-state index contributed by atoms with van der Waals surface area (Å²) in [4.78, 5) is 24.1. The Morgan fingerprint density at radius 3 is 2.55 bits per heavy atom. The van der Waals surface area contributed by atoms with Crippen LogP contribution in [0.2, 0.25) is 0 Å². The number of aryl methyl sites for hydroxylation is 1. The summed E-state index contributed by atoms with van der Waals surface area (Å²) in [7, 11) is 1.48. The predicted octanol–water partition coefficient (Wildman–Crippen LogP) is 1.16. The van der Waals surface area contributed by atoms with Crippen LogP contribution in [0.4, 0.5) is 4.79 Å². The SMILES string of the molecule is CNC(=O)NC(=O)C[NH2+][C@H](c1ccc(C)cc1)c1cccs1. The van der Waals surface area contributed by atoms with Crippen LogP contribution in [-0.4, -0.2) is 25.5 Å². The maximum atomic E-state index is 11.8. The highest BCUT2D eigenvalue weighted by atomic mass is 32.1. The number of carbonyl (C=O) groups is 2. The molecule has 116 valence electrons. The molecule has 22 heavy (non-hydrogen) atoms. The average Bonchev–Trinajstić information content (AvgIpc) is 3.03. The van der Waals surface area contributed by atoms with E-state index in [4.69, 9.17) is 0 Å². The molecule has 1 atom stereocenters. The van der Waals surface area contributed by atoms with E-state index in [1.165, 1.54) is 17.5 Å². The molecule has 0 unspecified atom stereocenters. The Hall–Kier alpha value is -2.18. The summed E-state index contributed by atoms with van der Waals surface area (Å²) in [5.41, 5.74) is 2.34. The molecule has 2 aromatic rings. The first-order valence-electron chi connectivity index (χ1n) is 7.05. The first kappa shape index (κ1) is 16.2. The standard InChI is InChI=1S/C16H19N3O2S/c1-11-5-7-12(8-6-11)15(13-4-3-9-22-13)18-10-14(20)19-16(21)17-2/h3-9,15,18H,10H2,1-2H3,(H2,17,19,20,21)/p+1/t15-/m1/s1. The summed E-state index contributed by atoms with van der Waals surface area (Å²) in [5, 5.41) is 8.60. The largest absolute Gasteiger partial charge is 0.341 e. The maximum absolute atomic E-state index is 11.8. The van der Waals surface area contributed by atoms with Crippen LogP contribution in [0.3, 0.4) is 0 Å². The van der Waals surface area contributed by atoms with Gasteiger partial charge in [0.2, 0.25) is 0 Å². The highest BCUT2D eigenvalue weighted by Gasteiger charge is 2.20. The van der Waals surface area contributed by atoms with Gasteiger partial charge in [0.1, 0.15) is 6.04 Å². The van der Waals surface area contributed by atoms with Crippen molar-refractivity contribution in [2.24, 2.45) is 0 Å². The molecule has 0 aliphatic rings. The summed E-state index contributed by atoms with van der Waals surface area (Å²) in [6.45, 7) is 2.23. The molecular weight excluding hydrogens is 298 g/mol. The molecule has 3 amide bonds. The minimum absolute atomic E-state index is 0.0519. The van der Waals surface area contributed by atoms with Gasteiger partial charge in [-0.15, -0.1) is 11.3 Å². The van der Waals surface area contributed by atoms with Crippen LogP contribution in [-0.2, 0) is 4.79 Å². The van der Waals surface area contributed by atoms with Gasteiger partial charge in [-0.1, -0.05) is 35.9 Å². The highest BCUT2D eigenvalue weighted by Crippen LogP contribution is 2.22. The van der Waals surface area contributed by atoms with Gasteiger partial charge >= 0.3 is 6.03 Å². The van der Waals surface area contributed by atoms with Gasteiger partial charge in [0.05, 0.1) is 4.88 Å². The Balaban J connectivity index is 2.08. The van der Waals surface area contributed by atoms with Crippen LogP contribution in [0.1, 0.15) is 22.0 Å². The Labute approximate surface area is 133 Å². The third-order valence-corrected chi connectivity index (χ3v) is 4.26. The van der Waals surface area contributed by atoms with Crippen LogP contribution in [0.5, 0.6) is 0 Å². The number of quaternary nitrogens is 1. The molecule has 0 saturated carbocycles. The molecule has 0 spiro atoms. The zero-order chi connectivity index (χ0) is 15.9. The van der Waals surface area contributed by atoms with Crippen LogP contribution in [0, 0.1) is 6.92 Å². The number of thiophene rings is 1. The van der Waals surface area contributed by atoms with Gasteiger partial charge in [-0.3, -0.25) is 10.1 Å². The summed E-state index contributed by atoms with van der Waals surface area (Å²) >= 11 is 1.66. The number of rotatable bonds is 5. The van der Waals surface area contributed by atoms with Crippen molar-refractivity contribution in [2.45, 2.75) is 13.0 Å². The Morgan fingerprint density at radius 2 is 1.95 bits per heavy atom. The topological polar surface area (TPSA) is 74.8 Å². The monoisotopic (exact) mass is 318 g/mol. The molecule has 1 aromatic heterocycles. The molecule has 0 bridgehead atoms. The van der Waals surface area contributed by atoms with Crippen molar-refractivity contribution in [3.8, 4) is 0 Å². The summed E-state index contributed by atoms with van der Waals surface area (Å²) in [5.74, 6) is -0.312. The van der Waals surface area contributed by atoms with Gasteiger partial charge in [-0.2, -0.15) is 0 Å². The summed E-state index contributed by atoms with van der Waals surface area (Å²) < 4.78 is 0. The maximum Gasteiger partial charge on any atom is 0.321 e. The van der Waals surface area contributed by atoms with E-state index in [2.05, 4.69) is 41.0 Å².